The molecule has 4 aromatic rings. The highest BCUT2D eigenvalue weighted by molar-refractivity contribution is 7.92. The number of nitrogens with zero attached hydrogens (tertiary/aromatic N) is 5. The molecule has 1 aromatic carbocycles. The summed E-state index contributed by atoms with van der Waals surface area (Å²) < 4.78 is 77.4. The van der Waals surface area contributed by atoms with E-state index in [0.29, 0.717) is 34.7 Å². The third kappa shape index (κ3) is 4.96. The maximum atomic E-state index is 13.8. The number of hydrogen-bond donors (Lipinski definition) is 0. The number of carbonyl (C=O) groups is 1. The molecule has 1 atom stereocenters. The van der Waals surface area contributed by atoms with Gasteiger partial charge < -0.3 is 4.57 Å². The molecule has 0 amide bonds. The highest BCUT2D eigenvalue weighted by Crippen LogP contribution is 2.32. The number of pyridine rings is 1. The van der Waals surface area contributed by atoms with Crippen molar-refractivity contribution < 1.29 is 30.8 Å². The lowest BCUT2D eigenvalue weighted by Gasteiger charge is -2.12. The lowest BCUT2D eigenvalue weighted by molar-refractivity contribution is -0.0437. The van der Waals surface area contributed by atoms with Crippen molar-refractivity contribution in [1.29, 1.82) is 0 Å². The number of ketones is 1. The first kappa shape index (κ1) is 25.4. The van der Waals surface area contributed by atoms with Crippen LogP contribution in [0.15, 0.2) is 54.1 Å². The van der Waals surface area contributed by atoms with E-state index in [1.165, 1.54) is 24.7 Å². The number of halogens is 4. The Labute approximate surface area is 203 Å². The van der Waals surface area contributed by atoms with Gasteiger partial charge in [0.2, 0.25) is 0 Å². The third-order valence-corrected chi connectivity index (χ3v) is 7.10. The summed E-state index contributed by atoms with van der Waals surface area (Å²) in [5, 5.41) is 0. The first-order chi connectivity index (χ1) is 16.9. The van der Waals surface area contributed by atoms with E-state index < -0.39 is 26.1 Å². The first-order valence-corrected chi connectivity index (χ1v) is 12.1. The Morgan fingerprint density at radius 2 is 1.81 bits per heavy atom. The maximum Gasteiger partial charge on any atom is 0.502 e. The van der Waals surface area contributed by atoms with Crippen molar-refractivity contribution in [2.24, 2.45) is 7.05 Å². The van der Waals surface area contributed by atoms with E-state index in [9.17, 15) is 30.8 Å². The lowest BCUT2D eigenvalue weighted by Crippen LogP contribution is -2.24. The van der Waals surface area contributed by atoms with Gasteiger partial charge in [0.25, 0.3) is 9.84 Å². The number of carbonyl (C=O) groups excluding carboxylic acids is 1. The number of sulfone groups is 1. The smallest absolute Gasteiger partial charge is 0.334 e. The largest absolute Gasteiger partial charge is 0.502 e. The highest BCUT2D eigenvalue weighted by atomic mass is 32.2. The highest BCUT2D eigenvalue weighted by Gasteiger charge is 2.48. The fourth-order valence-electron chi connectivity index (χ4n) is 3.58. The second-order valence-corrected chi connectivity index (χ2v) is 10.2. The summed E-state index contributed by atoms with van der Waals surface area (Å²) in [6, 6.07) is 4.15. The SMILES string of the molecule is CC(CC(=O)c1cc2c(cn1)ncn2C)c1cnc(Cc2ccc(F)c(S(=O)(=O)C(F)(F)F)c2)cn1. The van der Waals surface area contributed by atoms with E-state index >= 15 is 0 Å². The van der Waals surface area contributed by atoms with E-state index in [0.717, 1.165) is 5.52 Å². The quantitative estimate of drug-likeness (QED) is 0.266. The van der Waals surface area contributed by atoms with Gasteiger partial charge in [0, 0.05) is 38.2 Å². The average Bonchev–Trinajstić information content (AvgIpc) is 3.20. The van der Waals surface area contributed by atoms with Crippen LogP contribution in [0.5, 0.6) is 0 Å². The van der Waals surface area contributed by atoms with Crippen LogP contribution in [0.25, 0.3) is 11.0 Å². The molecule has 0 aliphatic heterocycles. The zero-order valence-electron chi connectivity index (χ0n) is 19.0. The molecule has 0 spiro atoms. The second kappa shape index (κ2) is 9.37. The van der Waals surface area contributed by atoms with Crippen LogP contribution < -0.4 is 0 Å². The Morgan fingerprint density at radius 3 is 2.47 bits per heavy atom. The molecule has 0 radical (unpaired) electrons. The van der Waals surface area contributed by atoms with Gasteiger partial charge >= 0.3 is 5.51 Å². The molecule has 36 heavy (non-hydrogen) atoms. The molecule has 0 aliphatic carbocycles. The number of hydrogen-bond acceptors (Lipinski definition) is 7. The molecule has 3 heterocycles. The number of alkyl halides is 3. The van der Waals surface area contributed by atoms with Crippen LogP contribution in [0.1, 0.15) is 46.7 Å². The molecule has 13 heteroatoms. The minimum atomic E-state index is -5.84. The van der Waals surface area contributed by atoms with Crippen molar-refractivity contribution in [2.75, 3.05) is 0 Å². The van der Waals surface area contributed by atoms with Gasteiger partial charge in [-0.3, -0.25) is 19.7 Å². The standard InChI is InChI=1S/C23H19F4N5O3S/c1-13(5-21(33)17-8-20-19(11-30-17)31-12-32(20)2)18-10-28-15(9-29-18)6-14-3-4-16(24)22(7-14)36(34,35)23(25,26)27/h3-4,7-13H,5-6H2,1-2H3. The summed E-state index contributed by atoms with van der Waals surface area (Å²) >= 11 is 0. The fraction of sp³-hybridized carbons (Fsp3) is 0.261. The Hall–Kier alpha value is -3.74. The normalized spacial score (nSPS) is 13.2. The van der Waals surface area contributed by atoms with Crippen LogP contribution in [-0.4, -0.2) is 44.2 Å². The molecule has 188 valence electrons. The summed E-state index contributed by atoms with van der Waals surface area (Å²) in [5.41, 5.74) is -2.94. The molecule has 0 aliphatic rings. The van der Waals surface area contributed by atoms with Crippen LogP contribution in [0.2, 0.25) is 0 Å². The summed E-state index contributed by atoms with van der Waals surface area (Å²) in [6.45, 7) is 1.79. The first-order valence-electron chi connectivity index (χ1n) is 10.6. The van der Waals surface area contributed by atoms with Crippen LogP contribution >= 0.6 is 0 Å². The number of fused-ring (bicyclic) bond motifs is 1. The fourth-order valence-corrected chi connectivity index (χ4v) is 4.46. The number of aromatic nitrogens is 5. The minimum absolute atomic E-state index is 0.0735. The third-order valence-electron chi connectivity index (χ3n) is 5.59. The van der Waals surface area contributed by atoms with Crippen LogP contribution in [0.4, 0.5) is 17.6 Å². The summed E-state index contributed by atoms with van der Waals surface area (Å²) in [6.07, 6.45) is 6.00. The van der Waals surface area contributed by atoms with Crippen molar-refractivity contribution in [3.63, 3.8) is 0 Å². The Bertz CT molecular complexity index is 1550. The molecule has 0 N–H and O–H groups in total. The van der Waals surface area contributed by atoms with Gasteiger partial charge in [0.05, 0.1) is 29.4 Å². The molecule has 0 saturated heterocycles. The zero-order valence-corrected chi connectivity index (χ0v) is 19.8. The van der Waals surface area contributed by atoms with E-state index in [1.807, 2.05) is 7.05 Å². The lowest BCUT2D eigenvalue weighted by atomic mass is 9.99. The van der Waals surface area contributed by atoms with Crippen molar-refractivity contribution in [3.8, 4) is 0 Å². The van der Waals surface area contributed by atoms with Crippen LogP contribution in [0.3, 0.4) is 0 Å². The number of Topliss-reactive ketones (excluding diaryl/α,β-unsaturated/α-hetero) is 1. The monoisotopic (exact) mass is 521 g/mol. The van der Waals surface area contributed by atoms with Crippen molar-refractivity contribution in [2.45, 2.75) is 36.1 Å². The second-order valence-electron chi connectivity index (χ2n) is 8.27. The molecular formula is C23H19F4N5O3S. The Kier molecular flexibility index (Phi) is 6.60. The molecule has 0 fully saturated rings. The predicted molar refractivity (Wildman–Crippen MR) is 120 cm³/mol. The average molecular weight is 521 g/mol. The summed E-state index contributed by atoms with van der Waals surface area (Å²) in [5.74, 6) is -1.99. The van der Waals surface area contributed by atoms with Gasteiger partial charge in [-0.25, -0.2) is 17.8 Å². The summed E-state index contributed by atoms with van der Waals surface area (Å²) in [7, 11) is -4.03. The van der Waals surface area contributed by atoms with E-state index in [4.69, 9.17) is 0 Å². The summed E-state index contributed by atoms with van der Waals surface area (Å²) in [4.78, 5) is 28.1. The number of rotatable bonds is 7. The van der Waals surface area contributed by atoms with Gasteiger partial charge in [-0.2, -0.15) is 13.2 Å². The van der Waals surface area contributed by atoms with Gasteiger partial charge in [-0.1, -0.05) is 13.0 Å². The molecule has 8 nitrogen and oxygen atoms in total. The van der Waals surface area contributed by atoms with E-state index in [1.54, 1.807) is 23.9 Å². The van der Waals surface area contributed by atoms with Crippen LogP contribution in [-0.2, 0) is 23.3 Å². The van der Waals surface area contributed by atoms with Gasteiger partial charge in [-0.05, 0) is 23.8 Å². The maximum absolute atomic E-state index is 13.8. The number of imidazole rings is 1. The molecule has 4 rings (SSSR count). The van der Waals surface area contributed by atoms with Crippen molar-refractivity contribution in [3.05, 3.63) is 77.6 Å². The zero-order chi connectivity index (χ0) is 26.3. The predicted octanol–water partition coefficient (Wildman–Crippen LogP) is 4.16. The molecule has 3 aromatic heterocycles. The van der Waals surface area contributed by atoms with Gasteiger partial charge in [0.1, 0.15) is 21.9 Å². The Balaban J connectivity index is 1.47. The molecular weight excluding hydrogens is 502 g/mol. The number of benzene rings is 1. The van der Waals surface area contributed by atoms with Gasteiger partial charge in [0.15, 0.2) is 5.78 Å². The number of aryl methyl sites for hydroxylation is 1. The van der Waals surface area contributed by atoms with Crippen molar-refractivity contribution >= 4 is 26.7 Å². The molecule has 0 saturated carbocycles. The van der Waals surface area contributed by atoms with E-state index in [2.05, 4.69) is 19.9 Å². The minimum Gasteiger partial charge on any atom is -0.334 e. The molecule has 1 unspecified atom stereocenters. The topological polar surface area (TPSA) is 108 Å². The van der Waals surface area contributed by atoms with Crippen LogP contribution in [0, 0.1) is 5.82 Å². The van der Waals surface area contributed by atoms with E-state index in [-0.39, 0.29) is 30.1 Å². The molecule has 0 bridgehead atoms. The Morgan fingerprint density at radius 1 is 1.06 bits per heavy atom. The van der Waals surface area contributed by atoms with Crippen molar-refractivity contribution in [1.82, 2.24) is 24.5 Å². The van der Waals surface area contributed by atoms with Gasteiger partial charge in [-0.15, -0.1) is 0 Å².